The summed E-state index contributed by atoms with van der Waals surface area (Å²) in [6.07, 6.45) is 2.31. The van der Waals surface area contributed by atoms with E-state index in [2.05, 4.69) is 0 Å². The molecular weight excluding hydrogens is 226 g/mol. The molecule has 4 saturated carbocycles. The number of rotatable bonds is 2. The van der Waals surface area contributed by atoms with Crippen LogP contribution in [-0.2, 0) is 0 Å². The Morgan fingerprint density at radius 2 is 1.41 bits per heavy atom. The van der Waals surface area contributed by atoms with Crippen molar-refractivity contribution in [2.45, 2.75) is 55.1 Å². The highest BCUT2D eigenvalue weighted by atomic mass is 16.6. The van der Waals surface area contributed by atoms with E-state index in [0.29, 0.717) is 32.1 Å². The van der Waals surface area contributed by atoms with Crippen molar-refractivity contribution in [3.63, 3.8) is 0 Å². The first kappa shape index (κ1) is 10.9. The molecule has 0 amide bonds. The maximum absolute atomic E-state index is 11.3. The highest BCUT2D eigenvalue weighted by molar-refractivity contribution is 5.17. The van der Waals surface area contributed by atoms with Crippen LogP contribution in [0.1, 0.15) is 38.5 Å². The maximum Gasteiger partial charge on any atom is 0.231 e. The molecular formula is C10H15N3O4. The lowest BCUT2D eigenvalue weighted by Gasteiger charge is -2.57. The highest BCUT2D eigenvalue weighted by Crippen LogP contribution is 2.60. The van der Waals surface area contributed by atoms with Crippen LogP contribution >= 0.6 is 0 Å². The summed E-state index contributed by atoms with van der Waals surface area (Å²) in [5.41, 5.74) is 3.19. The standard InChI is InChI=1S/C10H15N3O4/c11-8-1-7-2-9(4-8,12(14)15)6-10(3-7,5-8)13(16)17/h7H,1-6,11H2/t7?,8?,9-,10+. The van der Waals surface area contributed by atoms with Gasteiger partial charge in [0.25, 0.3) is 0 Å². The molecule has 4 aliphatic carbocycles. The van der Waals surface area contributed by atoms with Crippen molar-refractivity contribution in [3.05, 3.63) is 20.2 Å². The molecule has 4 atom stereocenters. The second-order valence-electron chi connectivity index (χ2n) is 6.33. The van der Waals surface area contributed by atoms with Gasteiger partial charge in [-0.15, -0.1) is 0 Å². The van der Waals surface area contributed by atoms with Gasteiger partial charge in [0.1, 0.15) is 0 Å². The van der Waals surface area contributed by atoms with Gasteiger partial charge in [0.2, 0.25) is 11.1 Å². The van der Waals surface area contributed by atoms with E-state index >= 15 is 0 Å². The van der Waals surface area contributed by atoms with Crippen LogP contribution in [0.4, 0.5) is 0 Å². The predicted octanol–water partition coefficient (Wildman–Crippen LogP) is 0.712. The zero-order chi connectivity index (χ0) is 12.5. The second-order valence-corrected chi connectivity index (χ2v) is 6.33. The summed E-state index contributed by atoms with van der Waals surface area (Å²) >= 11 is 0. The third-order valence-electron chi connectivity index (χ3n) is 4.83. The molecule has 17 heavy (non-hydrogen) atoms. The van der Waals surface area contributed by atoms with Gasteiger partial charge >= 0.3 is 0 Å². The Morgan fingerprint density at radius 3 is 1.76 bits per heavy atom. The average Bonchev–Trinajstić information content (AvgIpc) is 2.12. The molecule has 7 heteroatoms. The molecule has 0 aromatic carbocycles. The molecule has 2 unspecified atom stereocenters. The zero-order valence-electron chi connectivity index (χ0n) is 9.42. The third-order valence-corrected chi connectivity index (χ3v) is 4.83. The van der Waals surface area contributed by atoms with E-state index in [4.69, 9.17) is 5.73 Å². The van der Waals surface area contributed by atoms with E-state index in [1.54, 1.807) is 0 Å². The van der Waals surface area contributed by atoms with Crippen LogP contribution in [0.2, 0.25) is 0 Å². The average molecular weight is 241 g/mol. The van der Waals surface area contributed by atoms with Gasteiger partial charge in [0, 0.05) is 41.1 Å². The van der Waals surface area contributed by atoms with E-state index in [9.17, 15) is 20.2 Å². The van der Waals surface area contributed by atoms with Crippen LogP contribution < -0.4 is 5.73 Å². The first-order chi connectivity index (χ1) is 7.79. The van der Waals surface area contributed by atoms with Crippen molar-refractivity contribution in [2.75, 3.05) is 0 Å². The minimum Gasteiger partial charge on any atom is -0.325 e. The van der Waals surface area contributed by atoms with Crippen LogP contribution in [0.15, 0.2) is 0 Å². The second kappa shape index (κ2) is 2.77. The first-order valence-corrected chi connectivity index (χ1v) is 5.87. The molecule has 2 N–H and O–H groups in total. The van der Waals surface area contributed by atoms with Gasteiger partial charge in [-0.25, -0.2) is 0 Å². The molecule has 7 nitrogen and oxygen atoms in total. The Kier molecular flexibility index (Phi) is 1.77. The van der Waals surface area contributed by atoms with E-state index in [1.807, 2.05) is 0 Å². The van der Waals surface area contributed by atoms with Crippen molar-refractivity contribution < 1.29 is 9.85 Å². The molecule has 4 aliphatic rings. The summed E-state index contributed by atoms with van der Waals surface area (Å²) in [5.74, 6) is 0.0482. The fraction of sp³-hybridized carbons (Fsp3) is 1.00. The van der Waals surface area contributed by atoms with E-state index in [0.717, 1.165) is 0 Å². The fourth-order valence-corrected chi connectivity index (χ4v) is 4.82. The van der Waals surface area contributed by atoms with Crippen LogP contribution in [0, 0.1) is 26.1 Å². The van der Waals surface area contributed by atoms with Crippen LogP contribution in [-0.4, -0.2) is 26.5 Å². The van der Waals surface area contributed by atoms with Crippen molar-refractivity contribution >= 4 is 0 Å². The largest absolute Gasteiger partial charge is 0.325 e. The van der Waals surface area contributed by atoms with Gasteiger partial charge in [-0.2, -0.15) is 0 Å². The van der Waals surface area contributed by atoms with Crippen molar-refractivity contribution in [1.29, 1.82) is 0 Å². The van der Waals surface area contributed by atoms with Gasteiger partial charge in [0.05, 0.1) is 6.42 Å². The van der Waals surface area contributed by atoms with Crippen molar-refractivity contribution in [3.8, 4) is 0 Å². The van der Waals surface area contributed by atoms with Gasteiger partial charge in [-0.3, -0.25) is 20.2 Å². The Labute approximate surface area is 97.7 Å². The quantitative estimate of drug-likeness (QED) is 0.565. The molecule has 4 bridgehead atoms. The molecule has 4 rings (SSSR count). The van der Waals surface area contributed by atoms with Crippen molar-refractivity contribution in [2.24, 2.45) is 11.7 Å². The van der Waals surface area contributed by atoms with Crippen LogP contribution in [0.5, 0.6) is 0 Å². The minimum absolute atomic E-state index is 0.0482. The number of nitrogens with zero attached hydrogens (tertiary/aromatic N) is 2. The highest BCUT2D eigenvalue weighted by Gasteiger charge is 2.73. The minimum atomic E-state index is -1.14. The molecule has 0 aromatic heterocycles. The molecule has 0 aliphatic heterocycles. The van der Waals surface area contributed by atoms with Gasteiger partial charge in [0.15, 0.2) is 0 Å². The SMILES string of the molecule is NC12CC3C[C@]([N+](=O)[O-])(C1)C[C@@]([N+](=O)[O-])(C3)C2. The number of nitro groups is 2. The fourth-order valence-electron chi connectivity index (χ4n) is 4.82. The molecule has 94 valence electrons. The molecule has 0 spiro atoms. The molecule has 0 saturated heterocycles. The van der Waals surface area contributed by atoms with Crippen LogP contribution in [0.25, 0.3) is 0 Å². The van der Waals surface area contributed by atoms with E-state index in [1.165, 1.54) is 0 Å². The molecule has 4 fully saturated rings. The third kappa shape index (κ3) is 1.25. The van der Waals surface area contributed by atoms with Gasteiger partial charge < -0.3 is 5.73 Å². The molecule has 0 radical (unpaired) electrons. The summed E-state index contributed by atoms with van der Waals surface area (Å²) in [6.45, 7) is 0. The Balaban J connectivity index is 2.09. The monoisotopic (exact) mass is 241 g/mol. The Hall–Kier alpha value is -1.24. The molecule has 0 aromatic rings. The summed E-state index contributed by atoms with van der Waals surface area (Å²) in [5, 5.41) is 22.6. The van der Waals surface area contributed by atoms with Gasteiger partial charge in [-0.1, -0.05) is 0 Å². The molecule has 0 heterocycles. The number of hydrogen-bond acceptors (Lipinski definition) is 5. The summed E-state index contributed by atoms with van der Waals surface area (Å²) in [4.78, 5) is 22.0. The number of nitrogens with two attached hydrogens (primary N) is 1. The summed E-state index contributed by atoms with van der Waals surface area (Å²) in [6, 6.07) is 0. The summed E-state index contributed by atoms with van der Waals surface area (Å²) in [7, 11) is 0. The van der Waals surface area contributed by atoms with Crippen LogP contribution in [0.3, 0.4) is 0 Å². The lowest BCUT2D eigenvalue weighted by atomic mass is 9.47. The number of hydrogen-bond donors (Lipinski definition) is 1. The Bertz CT molecular complexity index is 394. The normalized spacial score (nSPS) is 51.5. The topological polar surface area (TPSA) is 112 Å². The van der Waals surface area contributed by atoms with E-state index < -0.39 is 16.6 Å². The lowest BCUT2D eigenvalue weighted by molar-refractivity contribution is -0.644. The maximum atomic E-state index is 11.3. The van der Waals surface area contributed by atoms with E-state index in [-0.39, 0.29) is 22.2 Å². The van der Waals surface area contributed by atoms with Gasteiger partial charge in [-0.05, 0) is 12.3 Å². The Morgan fingerprint density at radius 1 is 0.941 bits per heavy atom. The summed E-state index contributed by atoms with van der Waals surface area (Å²) < 4.78 is 0. The first-order valence-electron chi connectivity index (χ1n) is 5.87. The lowest BCUT2D eigenvalue weighted by Crippen LogP contribution is -2.72. The smallest absolute Gasteiger partial charge is 0.231 e. The zero-order valence-corrected chi connectivity index (χ0v) is 9.42. The van der Waals surface area contributed by atoms with Crippen molar-refractivity contribution in [1.82, 2.24) is 0 Å². The predicted molar refractivity (Wildman–Crippen MR) is 57.6 cm³/mol.